The summed E-state index contributed by atoms with van der Waals surface area (Å²) < 4.78 is 1.45. The molecule has 0 saturated heterocycles. The van der Waals surface area contributed by atoms with Crippen LogP contribution in [0.1, 0.15) is 18.7 Å². The largest absolute Gasteiger partial charge is 0.388 e. The summed E-state index contributed by atoms with van der Waals surface area (Å²) in [4.78, 5) is 14.8. The summed E-state index contributed by atoms with van der Waals surface area (Å²) in [7, 11) is 0. The third-order valence-electron chi connectivity index (χ3n) is 2.53. The molecule has 0 bridgehead atoms. The maximum absolute atomic E-state index is 10.7. The Labute approximate surface area is 103 Å². The lowest BCUT2D eigenvalue weighted by atomic mass is 10.1. The first kappa shape index (κ1) is 12.5. The van der Waals surface area contributed by atoms with Crippen LogP contribution < -0.4 is 5.32 Å². The minimum Gasteiger partial charge on any atom is -0.388 e. The van der Waals surface area contributed by atoms with E-state index in [1.165, 1.54) is 17.6 Å². The highest BCUT2D eigenvalue weighted by Crippen LogP contribution is 2.17. The number of rotatable bonds is 4. The molecule has 0 fully saturated rings. The lowest BCUT2D eigenvalue weighted by molar-refractivity contribution is -0.119. The van der Waals surface area contributed by atoms with Crippen LogP contribution in [0, 0.1) is 0 Å². The number of amides is 1. The van der Waals surface area contributed by atoms with Crippen LogP contribution in [-0.2, 0) is 4.79 Å². The van der Waals surface area contributed by atoms with E-state index in [2.05, 4.69) is 15.4 Å². The van der Waals surface area contributed by atoms with Crippen molar-refractivity contribution >= 4 is 11.6 Å². The molecule has 7 heteroatoms. The molecule has 0 aliphatic heterocycles. The molecule has 0 spiro atoms. The molecular formula is C11H14N4O3. The van der Waals surface area contributed by atoms with Crippen molar-refractivity contribution in [2.24, 2.45) is 0 Å². The summed E-state index contributed by atoms with van der Waals surface area (Å²) >= 11 is 0. The summed E-state index contributed by atoms with van der Waals surface area (Å²) in [5, 5.41) is 26.2. The quantitative estimate of drug-likeness (QED) is 0.663. The van der Waals surface area contributed by atoms with Crippen molar-refractivity contribution in [2.45, 2.75) is 19.1 Å². The number of imidazole rings is 1. The minimum absolute atomic E-state index is 0.0312. The Kier molecular flexibility index (Phi) is 3.54. The zero-order valence-corrected chi connectivity index (χ0v) is 9.82. The van der Waals surface area contributed by atoms with Crippen LogP contribution in [0.15, 0.2) is 24.5 Å². The zero-order chi connectivity index (χ0) is 13.1. The summed E-state index contributed by atoms with van der Waals surface area (Å²) in [5.74, 6) is -0.266. The second-order valence-corrected chi connectivity index (χ2v) is 3.93. The number of nitrogens with zero attached hydrogens (tertiary/aromatic N) is 3. The van der Waals surface area contributed by atoms with E-state index >= 15 is 0 Å². The number of fused-ring (bicyclic) bond motifs is 1. The van der Waals surface area contributed by atoms with Gasteiger partial charge in [0.2, 0.25) is 5.91 Å². The van der Waals surface area contributed by atoms with Crippen molar-refractivity contribution in [3.05, 3.63) is 30.2 Å². The Morgan fingerprint density at radius 2 is 2.33 bits per heavy atom. The summed E-state index contributed by atoms with van der Waals surface area (Å²) in [6.45, 7) is 1.31. The fourth-order valence-corrected chi connectivity index (χ4v) is 1.61. The van der Waals surface area contributed by atoms with E-state index in [9.17, 15) is 15.0 Å². The third kappa shape index (κ3) is 2.47. The second kappa shape index (κ2) is 5.11. The third-order valence-corrected chi connectivity index (χ3v) is 2.53. The van der Waals surface area contributed by atoms with Crippen molar-refractivity contribution in [1.82, 2.24) is 19.9 Å². The van der Waals surface area contributed by atoms with Gasteiger partial charge in [-0.15, -0.1) is 0 Å². The molecule has 18 heavy (non-hydrogen) atoms. The van der Waals surface area contributed by atoms with E-state index in [4.69, 9.17) is 0 Å². The topological polar surface area (TPSA) is 99.8 Å². The predicted molar refractivity (Wildman–Crippen MR) is 62.6 cm³/mol. The van der Waals surface area contributed by atoms with Gasteiger partial charge in [0.25, 0.3) is 0 Å². The molecule has 3 N–H and O–H groups in total. The molecule has 2 atom stereocenters. The smallest absolute Gasteiger partial charge is 0.216 e. The van der Waals surface area contributed by atoms with Crippen LogP contribution in [0.25, 0.3) is 5.65 Å². The lowest BCUT2D eigenvalue weighted by Gasteiger charge is -2.17. The maximum atomic E-state index is 10.7. The standard InChI is InChI=1S/C11H14N4O3/c1-7(16)12-6-9(17)11(18)8-5-13-10-3-2-4-14-15(8)10/h2-5,9,11,17-18H,6H2,1H3,(H,12,16). The number of hydrogen-bond donors (Lipinski definition) is 3. The van der Waals surface area contributed by atoms with Gasteiger partial charge in [0.1, 0.15) is 12.2 Å². The zero-order valence-electron chi connectivity index (χ0n) is 9.82. The van der Waals surface area contributed by atoms with Gasteiger partial charge < -0.3 is 15.5 Å². The Hall–Kier alpha value is -1.99. The van der Waals surface area contributed by atoms with Gasteiger partial charge in [0.05, 0.1) is 11.9 Å². The molecule has 2 rings (SSSR count). The number of nitrogens with one attached hydrogen (secondary N) is 1. The average molecular weight is 250 g/mol. The first-order valence-electron chi connectivity index (χ1n) is 5.49. The first-order valence-corrected chi connectivity index (χ1v) is 5.49. The lowest BCUT2D eigenvalue weighted by Crippen LogP contribution is -2.34. The molecule has 2 unspecified atom stereocenters. The molecular weight excluding hydrogens is 236 g/mol. The van der Waals surface area contributed by atoms with Gasteiger partial charge in [0, 0.05) is 19.7 Å². The van der Waals surface area contributed by atoms with Crippen molar-refractivity contribution in [2.75, 3.05) is 6.54 Å². The van der Waals surface area contributed by atoms with Crippen LogP contribution in [0.3, 0.4) is 0 Å². The Morgan fingerprint density at radius 3 is 3.06 bits per heavy atom. The number of aromatic nitrogens is 3. The molecule has 1 amide bonds. The molecule has 2 heterocycles. The minimum atomic E-state index is -1.17. The van der Waals surface area contributed by atoms with Gasteiger partial charge in [-0.3, -0.25) is 4.79 Å². The number of hydrogen-bond acceptors (Lipinski definition) is 5. The van der Waals surface area contributed by atoms with Crippen molar-refractivity contribution < 1.29 is 15.0 Å². The van der Waals surface area contributed by atoms with Crippen LogP contribution in [-0.4, -0.2) is 43.4 Å². The highest BCUT2D eigenvalue weighted by molar-refractivity contribution is 5.72. The SMILES string of the molecule is CC(=O)NCC(O)C(O)c1cnc2cccnn12. The van der Waals surface area contributed by atoms with Crippen LogP contribution in [0.5, 0.6) is 0 Å². The van der Waals surface area contributed by atoms with E-state index in [1.54, 1.807) is 18.3 Å². The maximum Gasteiger partial charge on any atom is 0.216 e. The fourth-order valence-electron chi connectivity index (χ4n) is 1.61. The van der Waals surface area contributed by atoms with Gasteiger partial charge in [-0.05, 0) is 12.1 Å². The van der Waals surface area contributed by atoms with E-state index in [0.717, 1.165) is 0 Å². The summed E-state index contributed by atoms with van der Waals surface area (Å²) in [5.41, 5.74) is 0.960. The Morgan fingerprint density at radius 1 is 1.56 bits per heavy atom. The monoisotopic (exact) mass is 250 g/mol. The normalized spacial score (nSPS) is 14.4. The predicted octanol–water partition coefficient (Wildman–Crippen LogP) is -0.740. The number of carbonyl (C=O) groups is 1. The van der Waals surface area contributed by atoms with Gasteiger partial charge in [-0.25, -0.2) is 9.50 Å². The molecule has 7 nitrogen and oxygen atoms in total. The van der Waals surface area contributed by atoms with Crippen LogP contribution in [0.4, 0.5) is 0 Å². The van der Waals surface area contributed by atoms with Gasteiger partial charge in [-0.1, -0.05) is 0 Å². The number of aliphatic hydroxyl groups is 2. The molecule has 96 valence electrons. The summed E-state index contributed by atoms with van der Waals surface area (Å²) in [6.07, 6.45) is 0.729. The average Bonchev–Trinajstić information content (AvgIpc) is 2.78. The van der Waals surface area contributed by atoms with Crippen molar-refractivity contribution in [3.63, 3.8) is 0 Å². The molecule has 0 aromatic carbocycles. The molecule has 2 aromatic rings. The fraction of sp³-hybridized carbons (Fsp3) is 0.364. The number of carbonyl (C=O) groups excluding carboxylic acids is 1. The molecule has 0 saturated carbocycles. The molecule has 0 aliphatic rings. The van der Waals surface area contributed by atoms with Crippen molar-refractivity contribution in [3.8, 4) is 0 Å². The Bertz CT molecular complexity index is 554. The Balaban J connectivity index is 2.17. The van der Waals surface area contributed by atoms with E-state index in [1.807, 2.05) is 0 Å². The van der Waals surface area contributed by atoms with E-state index in [-0.39, 0.29) is 12.5 Å². The molecule has 0 aliphatic carbocycles. The van der Waals surface area contributed by atoms with E-state index < -0.39 is 12.2 Å². The van der Waals surface area contributed by atoms with Gasteiger partial charge >= 0.3 is 0 Å². The summed E-state index contributed by atoms with van der Waals surface area (Å²) in [6, 6.07) is 3.47. The highest BCUT2D eigenvalue weighted by Gasteiger charge is 2.22. The van der Waals surface area contributed by atoms with Crippen LogP contribution in [0.2, 0.25) is 0 Å². The molecule has 0 radical (unpaired) electrons. The van der Waals surface area contributed by atoms with Gasteiger partial charge in [-0.2, -0.15) is 5.10 Å². The first-order chi connectivity index (χ1) is 8.59. The van der Waals surface area contributed by atoms with Gasteiger partial charge in [0.15, 0.2) is 5.65 Å². The van der Waals surface area contributed by atoms with Crippen molar-refractivity contribution in [1.29, 1.82) is 0 Å². The molecule has 2 aromatic heterocycles. The highest BCUT2D eigenvalue weighted by atomic mass is 16.3. The van der Waals surface area contributed by atoms with E-state index in [0.29, 0.717) is 11.3 Å². The number of aliphatic hydroxyl groups excluding tert-OH is 2. The van der Waals surface area contributed by atoms with Crippen LogP contribution >= 0.6 is 0 Å². The second-order valence-electron chi connectivity index (χ2n) is 3.93.